The Hall–Kier alpha value is -5.19. The maximum atomic E-state index is 13.8. The molecule has 0 aromatic heterocycles. The number of benzene rings is 3. The van der Waals surface area contributed by atoms with Gasteiger partial charge in [0.15, 0.2) is 0 Å². The van der Waals surface area contributed by atoms with Crippen LogP contribution < -0.4 is 9.47 Å². The van der Waals surface area contributed by atoms with Gasteiger partial charge in [-0.1, -0.05) is 120 Å². The molecule has 1 unspecified atom stereocenters. The highest BCUT2D eigenvalue weighted by Crippen LogP contribution is 2.32. The van der Waals surface area contributed by atoms with E-state index in [9.17, 15) is 24.0 Å². The van der Waals surface area contributed by atoms with Crippen molar-refractivity contribution in [1.82, 2.24) is 0 Å². The van der Waals surface area contributed by atoms with E-state index in [1.807, 2.05) is 49.4 Å². The minimum atomic E-state index is -1.25. The summed E-state index contributed by atoms with van der Waals surface area (Å²) >= 11 is 0. The number of esters is 5. The van der Waals surface area contributed by atoms with Gasteiger partial charge in [-0.15, -0.1) is 0 Å². The summed E-state index contributed by atoms with van der Waals surface area (Å²) < 4.78 is 33.1. The van der Waals surface area contributed by atoms with E-state index in [4.69, 9.17) is 28.4 Å². The monoisotopic (exact) mass is 830 g/mol. The minimum Gasteiger partial charge on any atom is -0.493 e. The van der Waals surface area contributed by atoms with Gasteiger partial charge in [-0.05, 0) is 81.0 Å². The van der Waals surface area contributed by atoms with Gasteiger partial charge in [-0.2, -0.15) is 0 Å². The maximum absolute atomic E-state index is 13.8. The first-order valence-corrected chi connectivity index (χ1v) is 21.7. The van der Waals surface area contributed by atoms with Crippen molar-refractivity contribution < 1.29 is 52.4 Å². The second-order valence-electron chi connectivity index (χ2n) is 15.7. The Kier molecular flexibility index (Phi) is 22.6. The average molecular weight is 831 g/mol. The van der Waals surface area contributed by atoms with Gasteiger partial charge in [0.25, 0.3) is 0 Å². The van der Waals surface area contributed by atoms with Crippen LogP contribution in [0.4, 0.5) is 0 Å². The fourth-order valence-electron chi connectivity index (χ4n) is 6.53. The first kappa shape index (κ1) is 49.2. The zero-order valence-corrected chi connectivity index (χ0v) is 36.4. The van der Waals surface area contributed by atoms with Gasteiger partial charge in [0.05, 0.1) is 24.9 Å². The highest BCUT2D eigenvalue weighted by molar-refractivity contribution is 6.01. The summed E-state index contributed by atoms with van der Waals surface area (Å²) in [7, 11) is 0. The second-order valence-corrected chi connectivity index (χ2v) is 15.7. The number of rotatable bonds is 29. The van der Waals surface area contributed by atoms with Gasteiger partial charge in [-0.25, -0.2) is 9.59 Å². The number of carbonyl (C=O) groups is 5. The lowest BCUT2D eigenvalue weighted by atomic mass is 9.93. The lowest BCUT2D eigenvalue weighted by Crippen LogP contribution is -2.40. The molecule has 0 aliphatic rings. The first-order chi connectivity index (χ1) is 28.9. The molecule has 0 radical (unpaired) electrons. The van der Waals surface area contributed by atoms with Crippen molar-refractivity contribution in [2.45, 2.75) is 137 Å². The Morgan fingerprint density at radius 1 is 0.600 bits per heavy atom. The summed E-state index contributed by atoms with van der Waals surface area (Å²) in [6.45, 7) is 8.40. The Labute approximate surface area is 356 Å². The molecular weight excluding hydrogens is 765 g/mol. The van der Waals surface area contributed by atoms with Gasteiger partial charge >= 0.3 is 29.8 Å². The summed E-state index contributed by atoms with van der Waals surface area (Å²) in [5, 5.41) is 0. The molecule has 3 rings (SSSR count). The number of unbranched alkanes of at least 4 members (excludes halogenated alkanes) is 12. The van der Waals surface area contributed by atoms with Crippen LogP contribution in [-0.4, -0.2) is 62.4 Å². The molecule has 0 aliphatic heterocycles. The van der Waals surface area contributed by atoms with Crippen LogP contribution in [0.15, 0.2) is 72.8 Å². The van der Waals surface area contributed by atoms with Crippen molar-refractivity contribution in [3.8, 4) is 22.6 Å². The van der Waals surface area contributed by atoms with E-state index in [1.165, 1.54) is 20.3 Å². The highest BCUT2D eigenvalue weighted by Gasteiger charge is 2.38. The highest BCUT2D eigenvalue weighted by atomic mass is 16.6. The SMILES string of the molecule is CCCCCCC(C)OC(=O)c1ccc(OC(=O)c2c(OCCCCCCCCCCCCOC(=O)C(C)(COC(C)=O)COC(C)=O)cccc2-c2ccccc2)cc1. The Balaban J connectivity index is 1.39. The zero-order valence-electron chi connectivity index (χ0n) is 36.4. The molecule has 0 fully saturated rings. The largest absolute Gasteiger partial charge is 0.493 e. The van der Waals surface area contributed by atoms with Crippen molar-refractivity contribution >= 4 is 29.8 Å². The molecular formula is C49H66O11. The van der Waals surface area contributed by atoms with Crippen molar-refractivity contribution in [2.24, 2.45) is 5.41 Å². The first-order valence-electron chi connectivity index (χ1n) is 21.7. The van der Waals surface area contributed by atoms with E-state index in [0.717, 1.165) is 95.5 Å². The van der Waals surface area contributed by atoms with Crippen LogP contribution in [-0.2, 0) is 33.3 Å². The van der Waals surface area contributed by atoms with E-state index in [-0.39, 0.29) is 25.9 Å². The van der Waals surface area contributed by atoms with Crippen molar-refractivity contribution in [3.05, 3.63) is 83.9 Å². The molecule has 3 aromatic carbocycles. The van der Waals surface area contributed by atoms with Gasteiger partial charge in [0.1, 0.15) is 35.7 Å². The minimum absolute atomic E-state index is 0.170. The summed E-state index contributed by atoms with van der Waals surface area (Å²) in [4.78, 5) is 61.7. The van der Waals surface area contributed by atoms with E-state index in [0.29, 0.717) is 34.8 Å². The Morgan fingerprint density at radius 3 is 1.75 bits per heavy atom. The van der Waals surface area contributed by atoms with Crippen LogP contribution in [0, 0.1) is 5.41 Å². The van der Waals surface area contributed by atoms with Gasteiger partial charge in [0, 0.05) is 13.8 Å². The third-order valence-electron chi connectivity index (χ3n) is 10.1. The molecule has 0 spiro atoms. The van der Waals surface area contributed by atoms with Crippen molar-refractivity contribution in [2.75, 3.05) is 26.4 Å². The summed E-state index contributed by atoms with van der Waals surface area (Å²) in [6.07, 6.45) is 15.2. The lowest BCUT2D eigenvalue weighted by Gasteiger charge is -2.26. The third-order valence-corrected chi connectivity index (χ3v) is 10.1. The molecule has 0 amide bonds. The lowest BCUT2D eigenvalue weighted by molar-refractivity contribution is -0.169. The molecule has 11 heteroatoms. The zero-order chi connectivity index (χ0) is 43.6. The standard InChI is InChI=1S/C49H66O11/c1-6-7-8-18-24-37(2)59-46(52)41-29-31-42(32-30-41)60-47(53)45-43(40-25-19-17-20-26-40)27-23-28-44(45)55-33-21-15-13-11-9-10-12-14-16-22-34-56-48(54)49(5,35-57-38(3)50)36-58-39(4)51/h17,19-20,23,25-32,37H,6-16,18,21-22,24,33-36H2,1-5H3. The van der Waals surface area contributed by atoms with Crippen molar-refractivity contribution in [1.29, 1.82) is 0 Å². The number of ether oxygens (including phenoxy) is 6. The molecule has 0 bridgehead atoms. The quantitative estimate of drug-likeness (QED) is 0.0286. The fraction of sp³-hybridized carbons (Fsp3) is 0.531. The fourth-order valence-corrected chi connectivity index (χ4v) is 6.53. The molecule has 0 aliphatic carbocycles. The number of hydrogen-bond acceptors (Lipinski definition) is 11. The molecule has 0 N–H and O–H groups in total. The normalized spacial score (nSPS) is 11.6. The van der Waals surface area contributed by atoms with E-state index in [2.05, 4.69) is 6.92 Å². The van der Waals surface area contributed by atoms with Crippen LogP contribution in [0.5, 0.6) is 11.5 Å². The topological polar surface area (TPSA) is 141 Å². The smallest absolute Gasteiger partial charge is 0.347 e. The van der Waals surface area contributed by atoms with Gasteiger partial charge in [0.2, 0.25) is 0 Å². The Morgan fingerprint density at radius 2 is 1.17 bits per heavy atom. The second kappa shape index (κ2) is 27.5. The van der Waals surface area contributed by atoms with Crippen LogP contribution in [0.2, 0.25) is 0 Å². The molecule has 11 nitrogen and oxygen atoms in total. The van der Waals surface area contributed by atoms with Crippen LogP contribution in [0.25, 0.3) is 11.1 Å². The number of carbonyl (C=O) groups excluding carboxylic acids is 5. The molecule has 3 aromatic rings. The van der Waals surface area contributed by atoms with Crippen LogP contribution >= 0.6 is 0 Å². The number of hydrogen-bond donors (Lipinski definition) is 0. The molecule has 1 atom stereocenters. The maximum Gasteiger partial charge on any atom is 0.347 e. The predicted octanol–water partition coefficient (Wildman–Crippen LogP) is 11.0. The summed E-state index contributed by atoms with van der Waals surface area (Å²) in [5.41, 5.74) is 1.07. The molecule has 328 valence electrons. The molecule has 0 saturated carbocycles. The molecule has 60 heavy (non-hydrogen) atoms. The Bertz CT molecular complexity index is 1730. The van der Waals surface area contributed by atoms with Crippen LogP contribution in [0.3, 0.4) is 0 Å². The summed E-state index contributed by atoms with van der Waals surface area (Å²) in [6, 6.07) is 21.7. The van der Waals surface area contributed by atoms with E-state index >= 15 is 0 Å². The molecule has 0 heterocycles. The van der Waals surface area contributed by atoms with Gasteiger partial charge in [-0.3, -0.25) is 14.4 Å². The van der Waals surface area contributed by atoms with Crippen LogP contribution in [0.1, 0.15) is 152 Å². The van der Waals surface area contributed by atoms with Crippen molar-refractivity contribution in [3.63, 3.8) is 0 Å². The third kappa shape index (κ3) is 18.4. The summed E-state index contributed by atoms with van der Waals surface area (Å²) in [5.74, 6) is -1.78. The molecule has 0 saturated heterocycles. The predicted molar refractivity (Wildman–Crippen MR) is 231 cm³/mol. The average Bonchev–Trinajstić information content (AvgIpc) is 3.24. The van der Waals surface area contributed by atoms with Gasteiger partial charge < -0.3 is 28.4 Å². The van der Waals surface area contributed by atoms with E-state index < -0.39 is 35.3 Å². The van der Waals surface area contributed by atoms with E-state index in [1.54, 1.807) is 37.3 Å².